The zero-order valence-corrected chi connectivity index (χ0v) is 13.9. The molecule has 4 heteroatoms. The quantitative estimate of drug-likeness (QED) is 0.575. The molecule has 0 saturated carbocycles. The van der Waals surface area contributed by atoms with E-state index in [1.54, 1.807) is 0 Å². The first kappa shape index (κ1) is 17.8. The second-order valence-electron chi connectivity index (χ2n) is 5.75. The average molecular weight is 301 g/mol. The largest absolute Gasteiger partial charge is 0.356 e. The molecule has 1 amide bonds. The minimum atomic E-state index is 0.216. The van der Waals surface area contributed by atoms with Crippen molar-refractivity contribution in [3.63, 3.8) is 0 Å². The van der Waals surface area contributed by atoms with Gasteiger partial charge >= 0.3 is 0 Å². The molecule has 118 valence electrons. The maximum atomic E-state index is 11.8. The molecule has 0 aromatic carbocycles. The van der Waals surface area contributed by atoms with Crippen LogP contribution in [-0.4, -0.2) is 36.5 Å². The predicted octanol–water partition coefficient (Wildman–Crippen LogP) is 3.34. The van der Waals surface area contributed by atoms with Crippen molar-refractivity contribution in [1.29, 1.82) is 0 Å². The van der Waals surface area contributed by atoms with Gasteiger partial charge in [-0.3, -0.25) is 4.79 Å². The van der Waals surface area contributed by atoms with Gasteiger partial charge in [0.1, 0.15) is 0 Å². The molecule has 1 fully saturated rings. The molecular weight excluding hydrogens is 268 g/mol. The number of hydrogen-bond donors (Lipinski definition) is 2. The molecule has 0 aromatic rings. The van der Waals surface area contributed by atoms with Crippen molar-refractivity contribution in [3.8, 4) is 0 Å². The van der Waals surface area contributed by atoms with Crippen LogP contribution in [0.5, 0.6) is 0 Å². The fourth-order valence-corrected chi connectivity index (χ4v) is 3.48. The predicted molar refractivity (Wildman–Crippen MR) is 89.4 cm³/mol. The van der Waals surface area contributed by atoms with Gasteiger partial charge in [0.2, 0.25) is 5.91 Å². The standard InChI is InChI=1S/C16H32N2OS/c1-2-3-4-5-6-7-8-9-10-18-16(19)13-15-14-20-12-11-17-15/h15,17H,2-14H2,1H3,(H,18,19). The van der Waals surface area contributed by atoms with Crippen molar-refractivity contribution >= 4 is 17.7 Å². The molecule has 3 nitrogen and oxygen atoms in total. The van der Waals surface area contributed by atoms with E-state index in [2.05, 4.69) is 17.6 Å². The van der Waals surface area contributed by atoms with E-state index < -0.39 is 0 Å². The number of hydrogen-bond acceptors (Lipinski definition) is 3. The van der Waals surface area contributed by atoms with E-state index in [0.29, 0.717) is 12.5 Å². The van der Waals surface area contributed by atoms with Crippen LogP contribution in [0.25, 0.3) is 0 Å². The third-order valence-corrected chi connectivity index (χ3v) is 4.91. The Balaban J connectivity index is 1.84. The van der Waals surface area contributed by atoms with Crippen LogP contribution in [0.15, 0.2) is 0 Å². The number of rotatable bonds is 11. The summed E-state index contributed by atoms with van der Waals surface area (Å²) < 4.78 is 0. The Morgan fingerprint density at radius 1 is 1.15 bits per heavy atom. The third-order valence-electron chi connectivity index (χ3n) is 3.78. The molecule has 0 aliphatic carbocycles. The van der Waals surface area contributed by atoms with Crippen LogP contribution >= 0.6 is 11.8 Å². The average Bonchev–Trinajstić information content (AvgIpc) is 2.46. The number of thioether (sulfide) groups is 1. The van der Waals surface area contributed by atoms with Crippen LogP contribution in [0.1, 0.15) is 64.7 Å². The van der Waals surface area contributed by atoms with Gasteiger partial charge in [-0.25, -0.2) is 0 Å². The van der Waals surface area contributed by atoms with E-state index in [9.17, 15) is 4.79 Å². The molecule has 1 unspecified atom stereocenters. The first-order valence-corrected chi connectivity index (χ1v) is 9.56. The lowest BCUT2D eigenvalue weighted by Gasteiger charge is -2.22. The van der Waals surface area contributed by atoms with E-state index in [0.717, 1.165) is 25.3 Å². The van der Waals surface area contributed by atoms with Crippen molar-refractivity contribution < 1.29 is 4.79 Å². The van der Waals surface area contributed by atoms with E-state index >= 15 is 0 Å². The first-order chi connectivity index (χ1) is 9.83. The number of nitrogens with one attached hydrogen (secondary N) is 2. The van der Waals surface area contributed by atoms with Gasteiger partial charge in [0.05, 0.1) is 0 Å². The minimum Gasteiger partial charge on any atom is -0.356 e. The molecule has 1 rings (SSSR count). The van der Waals surface area contributed by atoms with Crippen LogP contribution in [0.4, 0.5) is 0 Å². The minimum absolute atomic E-state index is 0.216. The summed E-state index contributed by atoms with van der Waals surface area (Å²) in [4.78, 5) is 11.8. The van der Waals surface area contributed by atoms with Crippen LogP contribution in [0, 0.1) is 0 Å². The molecule has 1 heterocycles. The van der Waals surface area contributed by atoms with Gasteiger partial charge in [-0.05, 0) is 6.42 Å². The topological polar surface area (TPSA) is 41.1 Å². The molecule has 0 bridgehead atoms. The summed E-state index contributed by atoms with van der Waals surface area (Å²) in [6, 6.07) is 0.382. The van der Waals surface area contributed by atoms with Gasteiger partial charge in [0, 0.05) is 37.1 Å². The molecular formula is C16H32N2OS. The normalized spacial score (nSPS) is 18.9. The SMILES string of the molecule is CCCCCCCCCCNC(=O)CC1CSCCN1. The number of amides is 1. The van der Waals surface area contributed by atoms with Crippen LogP contribution in [0.2, 0.25) is 0 Å². The van der Waals surface area contributed by atoms with Crippen molar-refractivity contribution in [1.82, 2.24) is 10.6 Å². The monoisotopic (exact) mass is 300 g/mol. The molecule has 1 aliphatic rings. The fraction of sp³-hybridized carbons (Fsp3) is 0.938. The molecule has 1 saturated heterocycles. The van der Waals surface area contributed by atoms with Crippen molar-refractivity contribution in [2.45, 2.75) is 70.8 Å². The van der Waals surface area contributed by atoms with Crippen LogP contribution < -0.4 is 10.6 Å². The van der Waals surface area contributed by atoms with E-state index in [1.165, 1.54) is 50.7 Å². The highest BCUT2D eigenvalue weighted by Gasteiger charge is 2.15. The molecule has 20 heavy (non-hydrogen) atoms. The van der Waals surface area contributed by atoms with Crippen molar-refractivity contribution in [3.05, 3.63) is 0 Å². The smallest absolute Gasteiger partial charge is 0.221 e. The summed E-state index contributed by atoms with van der Waals surface area (Å²) in [5, 5.41) is 6.46. The summed E-state index contributed by atoms with van der Waals surface area (Å²) in [6.45, 7) is 4.15. The van der Waals surface area contributed by atoms with Gasteiger partial charge in [-0.1, -0.05) is 51.9 Å². The van der Waals surface area contributed by atoms with Crippen LogP contribution in [-0.2, 0) is 4.79 Å². The summed E-state index contributed by atoms with van der Waals surface area (Å²) in [7, 11) is 0. The Labute approximate surface area is 129 Å². The molecule has 1 aliphatic heterocycles. The van der Waals surface area contributed by atoms with Gasteiger partial charge in [-0.2, -0.15) is 11.8 Å². The number of unbranched alkanes of at least 4 members (excludes halogenated alkanes) is 7. The summed E-state index contributed by atoms with van der Waals surface area (Å²) in [5.41, 5.74) is 0. The zero-order chi connectivity index (χ0) is 14.5. The first-order valence-electron chi connectivity index (χ1n) is 8.40. The van der Waals surface area contributed by atoms with Crippen LogP contribution in [0.3, 0.4) is 0 Å². The Morgan fingerprint density at radius 2 is 1.85 bits per heavy atom. The maximum absolute atomic E-state index is 11.8. The van der Waals surface area contributed by atoms with E-state index in [1.807, 2.05) is 11.8 Å². The highest BCUT2D eigenvalue weighted by Crippen LogP contribution is 2.10. The Morgan fingerprint density at radius 3 is 2.50 bits per heavy atom. The second-order valence-corrected chi connectivity index (χ2v) is 6.90. The number of carbonyl (C=O) groups excluding carboxylic acids is 1. The number of carbonyl (C=O) groups is 1. The lowest BCUT2D eigenvalue weighted by molar-refractivity contribution is -0.121. The summed E-state index contributed by atoms with van der Waals surface area (Å²) in [6.07, 6.45) is 11.2. The molecule has 2 N–H and O–H groups in total. The van der Waals surface area contributed by atoms with Gasteiger partial charge in [-0.15, -0.1) is 0 Å². The van der Waals surface area contributed by atoms with E-state index in [-0.39, 0.29) is 5.91 Å². The second kappa shape index (κ2) is 12.5. The van der Waals surface area contributed by atoms with Gasteiger partial charge in [0.25, 0.3) is 0 Å². The Kier molecular flexibility index (Phi) is 11.2. The molecule has 0 aromatic heterocycles. The maximum Gasteiger partial charge on any atom is 0.221 e. The van der Waals surface area contributed by atoms with Gasteiger partial charge in [0.15, 0.2) is 0 Å². The Bertz CT molecular complexity index is 243. The van der Waals surface area contributed by atoms with Crippen molar-refractivity contribution in [2.24, 2.45) is 0 Å². The lowest BCUT2D eigenvalue weighted by Crippen LogP contribution is -2.41. The lowest BCUT2D eigenvalue weighted by atomic mass is 10.1. The van der Waals surface area contributed by atoms with Gasteiger partial charge < -0.3 is 10.6 Å². The summed E-state index contributed by atoms with van der Waals surface area (Å²) >= 11 is 1.95. The highest BCUT2D eigenvalue weighted by atomic mass is 32.2. The summed E-state index contributed by atoms with van der Waals surface area (Å²) in [5.74, 6) is 2.47. The van der Waals surface area contributed by atoms with Crippen molar-refractivity contribution in [2.75, 3.05) is 24.6 Å². The molecule has 0 spiro atoms. The fourth-order valence-electron chi connectivity index (χ4n) is 2.53. The Hall–Kier alpha value is -0.220. The molecule has 1 atom stereocenters. The third kappa shape index (κ3) is 9.65. The van der Waals surface area contributed by atoms with E-state index in [4.69, 9.17) is 0 Å². The zero-order valence-electron chi connectivity index (χ0n) is 13.1. The highest BCUT2D eigenvalue weighted by molar-refractivity contribution is 7.99. The molecule has 0 radical (unpaired) electrons.